The number of aromatic nitrogens is 2. The lowest BCUT2D eigenvalue weighted by atomic mass is 10.1. The molecule has 9 bridgehead atoms. The van der Waals surface area contributed by atoms with Gasteiger partial charge in [0, 0.05) is 56.8 Å². The van der Waals surface area contributed by atoms with Crippen LogP contribution in [0.2, 0.25) is 0 Å². The van der Waals surface area contributed by atoms with E-state index in [2.05, 4.69) is 30.8 Å². The van der Waals surface area contributed by atoms with E-state index in [1.54, 1.807) is 0 Å². The molecule has 250 valence electrons. The van der Waals surface area contributed by atoms with Crippen molar-refractivity contribution < 1.29 is 35.9 Å². The number of anilines is 3. The molecule has 1 saturated carbocycles. The third-order valence-electron chi connectivity index (χ3n) is 8.68. The van der Waals surface area contributed by atoms with Gasteiger partial charge in [0.05, 0.1) is 34.4 Å². The molecule has 3 N–H and O–H groups in total. The summed E-state index contributed by atoms with van der Waals surface area (Å²) in [6.45, 7) is 2.18. The zero-order valence-electron chi connectivity index (χ0n) is 25.1. The fourth-order valence-corrected chi connectivity index (χ4v) is 8.98. The Bertz CT molecular complexity index is 1830. The van der Waals surface area contributed by atoms with E-state index in [-0.39, 0.29) is 65.3 Å². The zero-order chi connectivity index (χ0) is 32.9. The molecule has 17 heteroatoms. The number of benzene rings is 1. The molecule has 3 aromatic rings. The quantitative estimate of drug-likeness (QED) is 0.348. The van der Waals surface area contributed by atoms with Gasteiger partial charge < -0.3 is 30.5 Å². The average molecular weight is 692 g/mol. The van der Waals surface area contributed by atoms with Crippen LogP contribution in [0, 0.1) is 0 Å². The minimum Gasteiger partial charge on any atom is -0.378 e. The number of alkyl halides is 3. The van der Waals surface area contributed by atoms with E-state index in [1.165, 1.54) is 4.90 Å². The first kappa shape index (κ1) is 31.8. The lowest BCUT2D eigenvalue weighted by Gasteiger charge is -2.35. The second-order valence-corrected chi connectivity index (χ2v) is 15.0. The van der Waals surface area contributed by atoms with Crippen LogP contribution < -0.4 is 20.9 Å². The Morgan fingerprint density at radius 1 is 1.02 bits per heavy atom. The standard InChI is InChI=1S/C30H32F3N7O5S2/c31-30(32,33)20-15-36-29-37-21-4-3-18(13-19(21)17-1-2-17)40-7-5-34-22(16-40)27(41)35-6-10-45-11-8-39-9-12-47(43,44)24-14-23(25(20)38-29)46-26(24)28(39)42/h3-4,13-15,17,22,34H,1-2,5-12,16H2,(H,35,41)(H,36,37,38). The smallest absolute Gasteiger partial charge is 0.378 e. The molecule has 2 aromatic heterocycles. The summed E-state index contributed by atoms with van der Waals surface area (Å²) in [6, 6.07) is 6.42. The van der Waals surface area contributed by atoms with Gasteiger partial charge in [0.25, 0.3) is 5.91 Å². The Labute approximate surface area is 272 Å². The fourth-order valence-electron chi connectivity index (χ4n) is 6.03. The molecule has 1 saturated heterocycles. The largest absolute Gasteiger partial charge is 0.420 e. The van der Waals surface area contributed by atoms with Crippen molar-refractivity contribution in [3.8, 4) is 10.6 Å². The third-order valence-corrected chi connectivity index (χ3v) is 11.7. The third kappa shape index (κ3) is 6.53. The van der Waals surface area contributed by atoms with Gasteiger partial charge in [-0.2, -0.15) is 13.2 Å². The summed E-state index contributed by atoms with van der Waals surface area (Å²) in [5.41, 5.74) is 0.863. The molecular weight excluding hydrogens is 660 g/mol. The second-order valence-electron chi connectivity index (χ2n) is 11.9. The minimum atomic E-state index is -4.84. The van der Waals surface area contributed by atoms with Crippen molar-refractivity contribution >= 4 is 50.3 Å². The highest BCUT2D eigenvalue weighted by molar-refractivity contribution is 7.91. The predicted molar refractivity (Wildman–Crippen MR) is 168 cm³/mol. The average Bonchev–Trinajstić information content (AvgIpc) is 3.80. The second kappa shape index (κ2) is 12.3. The molecule has 5 aliphatic rings. The monoisotopic (exact) mass is 691 g/mol. The molecular formula is C30H32F3N7O5S2. The normalized spacial score (nSPS) is 22.1. The molecule has 1 unspecified atom stereocenters. The van der Waals surface area contributed by atoms with Crippen LogP contribution >= 0.6 is 11.3 Å². The van der Waals surface area contributed by atoms with Gasteiger partial charge in [-0.05, 0) is 48.6 Å². The molecule has 0 radical (unpaired) electrons. The molecule has 1 aromatic carbocycles. The Hall–Kier alpha value is -3.80. The summed E-state index contributed by atoms with van der Waals surface area (Å²) >= 11 is 0.662. The minimum absolute atomic E-state index is 0.0596. The van der Waals surface area contributed by atoms with Crippen LogP contribution in [-0.2, 0) is 25.5 Å². The van der Waals surface area contributed by atoms with Crippen LogP contribution in [0.4, 0.5) is 30.5 Å². The number of nitrogens with zero attached hydrogens (tertiary/aromatic N) is 4. The molecule has 4 aliphatic heterocycles. The number of fused-ring (bicyclic) bond motifs is 8. The molecule has 1 aliphatic carbocycles. The van der Waals surface area contributed by atoms with Gasteiger partial charge in [-0.3, -0.25) is 9.59 Å². The highest BCUT2D eigenvalue weighted by atomic mass is 32.2. The molecule has 6 heterocycles. The van der Waals surface area contributed by atoms with E-state index in [9.17, 15) is 31.2 Å². The number of amides is 2. The van der Waals surface area contributed by atoms with Crippen LogP contribution in [0.15, 0.2) is 35.4 Å². The highest BCUT2D eigenvalue weighted by Gasteiger charge is 2.39. The Balaban J connectivity index is 1.31. The number of sulfone groups is 1. The number of rotatable bonds is 1. The van der Waals surface area contributed by atoms with Crippen molar-refractivity contribution in [2.75, 3.05) is 68.5 Å². The van der Waals surface area contributed by atoms with E-state index in [4.69, 9.17) is 4.74 Å². The van der Waals surface area contributed by atoms with Crippen LogP contribution in [0.1, 0.15) is 39.6 Å². The number of carbonyl (C=O) groups is 2. The van der Waals surface area contributed by atoms with Gasteiger partial charge in [-0.15, -0.1) is 11.3 Å². The molecule has 8 rings (SSSR count). The number of hydrogen-bond donors (Lipinski definition) is 3. The lowest BCUT2D eigenvalue weighted by molar-refractivity contribution is -0.137. The number of thiophene rings is 1. The van der Waals surface area contributed by atoms with E-state index in [0.29, 0.717) is 42.9 Å². The van der Waals surface area contributed by atoms with E-state index in [1.807, 2.05) is 18.2 Å². The maximum atomic E-state index is 14.3. The van der Waals surface area contributed by atoms with Crippen molar-refractivity contribution in [3.63, 3.8) is 0 Å². The van der Waals surface area contributed by atoms with Gasteiger partial charge in [0.15, 0.2) is 9.84 Å². The molecule has 1 atom stereocenters. The van der Waals surface area contributed by atoms with Crippen LogP contribution in [0.5, 0.6) is 0 Å². The Morgan fingerprint density at radius 2 is 1.85 bits per heavy atom. The van der Waals surface area contributed by atoms with E-state index < -0.39 is 45.0 Å². The Morgan fingerprint density at radius 3 is 2.64 bits per heavy atom. The van der Waals surface area contributed by atoms with E-state index >= 15 is 0 Å². The summed E-state index contributed by atoms with van der Waals surface area (Å²) in [5, 5.41) is 9.24. The van der Waals surface area contributed by atoms with Crippen LogP contribution in [0.25, 0.3) is 10.6 Å². The van der Waals surface area contributed by atoms with Crippen LogP contribution in [0.3, 0.4) is 0 Å². The molecule has 2 fully saturated rings. The first-order valence-corrected chi connectivity index (χ1v) is 17.8. The van der Waals surface area contributed by atoms with E-state index in [0.717, 1.165) is 30.2 Å². The maximum absolute atomic E-state index is 14.3. The summed E-state index contributed by atoms with van der Waals surface area (Å²) in [5.74, 6) is -1.03. The van der Waals surface area contributed by atoms with Gasteiger partial charge >= 0.3 is 6.18 Å². The predicted octanol–water partition coefficient (Wildman–Crippen LogP) is 3.00. The first-order chi connectivity index (χ1) is 22.5. The molecule has 2 amide bonds. The summed E-state index contributed by atoms with van der Waals surface area (Å²) in [6.07, 6.45) is -2.27. The number of piperazine rings is 1. The number of ether oxygens (including phenoxy) is 1. The highest BCUT2D eigenvalue weighted by Crippen LogP contribution is 2.46. The van der Waals surface area contributed by atoms with Crippen molar-refractivity contribution in [2.45, 2.75) is 35.9 Å². The van der Waals surface area contributed by atoms with Crippen molar-refractivity contribution in [1.82, 2.24) is 25.5 Å². The Kier molecular flexibility index (Phi) is 8.34. The summed E-state index contributed by atoms with van der Waals surface area (Å²) in [4.78, 5) is 37.6. The van der Waals surface area contributed by atoms with Crippen LogP contribution in [-0.4, -0.2) is 99.4 Å². The topological polar surface area (TPSA) is 146 Å². The molecule has 12 nitrogen and oxygen atoms in total. The maximum Gasteiger partial charge on any atom is 0.420 e. The van der Waals surface area contributed by atoms with Crippen molar-refractivity contribution in [3.05, 3.63) is 46.5 Å². The zero-order valence-corrected chi connectivity index (χ0v) is 26.7. The van der Waals surface area contributed by atoms with Gasteiger partial charge in [0.1, 0.15) is 16.5 Å². The SMILES string of the molecule is O=C1NCCOCCN2CCS(=O)(=O)c3cc(sc3C2=O)-c2nc(ncc2C(F)(F)F)Nc2ccc(cc2C2CC2)N2CCNC1C2. The molecule has 47 heavy (non-hydrogen) atoms. The van der Waals surface area contributed by atoms with Gasteiger partial charge in [-0.1, -0.05) is 0 Å². The first-order valence-electron chi connectivity index (χ1n) is 15.3. The summed E-state index contributed by atoms with van der Waals surface area (Å²) < 4.78 is 74.9. The number of carbonyl (C=O) groups excluding carboxylic acids is 2. The molecule has 0 spiro atoms. The van der Waals surface area contributed by atoms with Gasteiger partial charge in [-0.25, -0.2) is 18.4 Å². The van der Waals surface area contributed by atoms with Gasteiger partial charge in [0.2, 0.25) is 11.9 Å². The number of hydrogen-bond acceptors (Lipinski definition) is 11. The summed E-state index contributed by atoms with van der Waals surface area (Å²) in [7, 11) is -3.99. The van der Waals surface area contributed by atoms with Crippen molar-refractivity contribution in [2.24, 2.45) is 0 Å². The lowest BCUT2D eigenvalue weighted by Crippen LogP contribution is -2.57. The van der Waals surface area contributed by atoms with Crippen molar-refractivity contribution in [1.29, 1.82) is 0 Å². The fraction of sp³-hybridized carbons (Fsp3) is 0.467. The number of nitrogens with one attached hydrogen (secondary N) is 3. The number of halogens is 3.